The quantitative estimate of drug-likeness (QED) is 0.649. The molecule has 1 amide bonds. The van der Waals surface area contributed by atoms with Gasteiger partial charge in [-0.05, 0) is 24.8 Å². The summed E-state index contributed by atoms with van der Waals surface area (Å²) in [6, 6.07) is 19.4. The molecule has 1 aliphatic heterocycles. The van der Waals surface area contributed by atoms with Crippen LogP contribution in [0.5, 0.6) is 0 Å². The molecule has 0 aliphatic carbocycles. The van der Waals surface area contributed by atoms with Crippen molar-refractivity contribution in [3.8, 4) is 11.4 Å². The molecular weight excluding hydrogens is 354 g/mol. The van der Waals surface area contributed by atoms with Gasteiger partial charge in [-0.25, -0.2) is 0 Å². The van der Waals surface area contributed by atoms with Crippen LogP contribution in [-0.4, -0.2) is 34.1 Å². The molecule has 0 N–H and O–H groups in total. The number of aromatic nitrogens is 2. The minimum atomic E-state index is -0.188. The second-order valence-electron chi connectivity index (χ2n) is 6.90. The summed E-state index contributed by atoms with van der Waals surface area (Å²) in [6.45, 7) is 1.15. The molecule has 0 spiro atoms. The van der Waals surface area contributed by atoms with Gasteiger partial charge in [0.05, 0.1) is 6.61 Å². The lowest BCUT2D eigenvalue weighted by molar-refractivity contribution is -0.141. The molecule has 4 rings (SSSR count). The summed E-state index contributed by atoms with van der Waals surface area (Å²) in [5.74, 6) is 1.00. The number of carbonyl (C=O) groups excluding carboxylic acids is 1. The van der Waals surface area contributed by atoms with Crippen molar-refractivity contribution in [3.63, 3.8) is 0 Å². The molecule has 6 heteroatoms. The molecule has 0 radical (unpaired) electrons. The zero-order chi connectivity index (χ0) is 19.2. The number of hydrogen-bond acceptors (Lipinski definition) is 5. The highest BCUT2D eigenvalue weighted by Crippen LogP contribution is 2.31. The van der Waals surface area contributed by atoms with Gasteiger partial charge in [0.2, 0.25) is 17.6 Å². The lowest BCUT2D eigenvalue weighted by atomic mass is 10.0. The van der Waals surface area contributed by atoms with Crippen LogP contribution in [0.25, 0.3) is 11.4 Å². The molecule has 28 heavy (non-hydrogen) atoms. The minimum absolute atomic E-state index is 0.0416. The van der Waals surface area contributed by atoms with E-state index in [2.05, 4.69) is 10.1 Å². The van der Waals surface area contributed by atoms with Gasteiger partial charge in [0.15, 0.2) is 0 Å². The monoisotopic (exact) mass is 377 g/mol. The van der Waals surface area contributed by atoms with Gasteiger partial charge in [0.25, 0.3) is 0 Å². The predicted molar refractivity (Wildman–Crippen MR) is 104 cm³/mol. The van der Waals surface area contributed by atoms with Crippen LogP contribution in [0.1, 0.15) is 36.8 Å². The van der Waals surface area contributed by atoms with Crippen LogP contribution in [0, 0.1) is 0 Å². The third-order valence-corrected chi connectivity index (χ3v) is 4.92. The summed E-state index contributed by atoms with van der Waals surface area (Å²) >= 11 is 0. The fourth-order valence-corrected chi connectivity index (χ4v) is 3.48. The molecule has 2 heterocycles. The van der Waals surface area contributed by atoms with Crippen molar-refractivity contribution in [2.75, 3.05) is 13.2 Å². The second-order valence-corrected chi connectivity index (χ2v) is 6.90. The Morgan fingerprint density at radius 2 is 1.82 bits per heavy atom. The molecule has 1 aromatic heterocycles. The van der Waals surface area contributed by atoms with Crippen LogP contribution in [0.2, 0.25) is 0 Å². The van der Waals surface area contributed by atoms with Crippen LogP contribution in [0.4, 0.5) is 0 Å². The first-order valence-corrected chi connectivity index (χ1v) is 9.61. The Morgan fingerprint density at radius 1 is 1.07 bits per heavy atom. The van der Waals surface area contributed by atoms with E-state index in [1.54, 1.807) is 0 Å². The van der Waals surface area contributed by atoms with E-state index in [0.29, 0.717) is 24.9 Å². The molecule has 1 saturated heterocycles. The number of piperidine rings is 1. The Labute approximate surface area is 164 Å². The van der Waals surface area contributed by atoms with E-state index in [1.807, 2.05) is 65.6 Å². The summed E-state index contributed by atoms with van der Waals surface area (Å²) in [6.07, 6.45) is 2.82. The summed E-state index contributed by atoms with van der Waals surface area (Å²) in [5.41, 5.74) is 1.95. The zero-order valence-electron chi connectivity index (χ0n) is 15.7. The fourth-order valence-electron chi connectivity index (χ4n) is 3.48. The van der Waals surface area contributed by atoms with Crippen molar-refractivity contribution in [1.82, 2.24) is 15.0 Å². The summed E-state index contributed by atoms with van der Waals surface area (Å²) in [7, 11) is 0. The highest BCUT2D eigenvalue weighted by molar-refractivity contribution is 5.78. The normalized spacial score (nSPS) is 16.9. The maximum absolute atomic E-state index is 12.8. The molecule has 6 nitrogen and oxygen atoms in total. The minimum Gasteiger partial charge on any atom is -0.367 e. The van der Waals surface area contributed by atoms with Gasteiger partial charge in [-0.1, -0.05) is 65.8 Å². The number of carbonyl (C=O) groups is 1. The maximum Gasteiger partial charge on any atom is 0.249 e. The van der Waals surface area contributed by atoms with Crippen molar-refractivity contribution in [2.24, 2.45) is 0 Å². The van der Waals surface area contributed by atoms with E-state index in [4.69, 9.17) is 9.26 Å². The molecule has 144 valence electrons. The van der Waals surface area contributed by atoms with Crippen molar-refractivity contribution < 1.29 is 14.1 Å². The van der Waals surface area contributed by atoms with Crippen LogP contribution in [0.15, 0.2) is 65.2 Å². The SMILES string of the molecule is O=C(COCc1ccccc1)N1CCCC[C@@H]1c1nc(-c2ccccc2)no1. The van der Waals surface area contributed by atoms with Gasteiger partial charge >= 0.3 is 0 Å². The van der Waals surface area contributed by atoms with Crippen molar-refractivity contribution in [2.45, 2.75) is 31.9 Å². The Balaban J connectivity index is 1.41. The van der Waals surface area contributed by atoms with E-state index < -0.39 is 0 Å². The lowest BCUT2D eigenvalue weighted by Gasteiger charge is -2.33. The predicted octanol–water partition coefficient (Wildman–Crippen LogP) is 4.01. The third-order valence-electron chi connectivity index (χ3n) is 4.92. The highest BCUT2D eigenvalue weighted by Gasteiger charge is 2.32. The Hall–Kier alpha value is -2.99. The Kier molecular flexibility index (Phi) is 5.77. The number of rotatable bonds is 6. The van der Waals surface area contributed by atoms with Crippen molar-refractivity contribution >= 4 is 5.91 Å². The summed E-state index contributed by atoms with van der Waals surface area (Å²) < 4.78 is 11.2. The van der Waals surface area contributed by atoms with Crippen molar-refractivity contribution in [3.05, 3.63) is 72.1 Å². The number of amides is 1. The Bertz CT molecular complexity index is 896. The van der Waals surface area contributed by atoms with Gasteiger partial charge in [-0.2, -0.15) is 4.98 Å². The van der Waals surface area contributed by atoms with Crippen LogP contribution < -0.4 is 0 Å². The molecule has 1 atom stereocenters. The highest BCUT2D eigenvalue weighted by atomic mass is 16.5. The fraction of sp³-hybridized carbons (Fsp3) is 0.318. The number of benzene rings is 2. The lowest BCUT2D eigenvalue weighted by Crippen LogP contribution is -2.40. The van der Waals surface area contributed by atoms with Crippen LogP contribution in [0.3, 0.4) is 0 Å². The van der Waals surface area contributed by atoms with Gasteiger partial charge in [-0.15, -0.1) is 0 Å². The summed E-state index contributed by atoms with van der Waals surface area (Å²) in [5, 5.41) is 4.10. The molecule has 3 aromatic rings. The number of hydrogen-bond donors (Lipinski definition) is 0. The van der Waals surface area contributed by atoms with Gasteiger partial charge in [0.1, 0.15) is 12.6 Å². The first-order chi connectivity index (χ1) is 13.8. The number of ether oxygens (including phenoxy) is 1. The molecule has 0 unspecified atom stereocenters. The van der Waals surface area contributed by atoms with Gasteiger partial charge in [0, 0.05) is 12.1 Å². The smallest absolute Gasteiger partial charge is 0.249 e. The van der Waals surface area contributed by atoms with Gasteiger partial charge in [-0.3, -0.25) is 4.79 Å². The Morgan fingerprint density at radius 3 is 2.61 bits per heavy atom. The van der Waals surface area contributed by atoms with Crippen molar-refractivity contribution in [1.29, 1.82) is 0 Å². The van der Waals surface area contributed by atoms with Crippen LogP contribution in [-0.2, 0) is 16.1 Å². The van der Waals surface area contributed by atoms with E-state index in [-0.39, 0.29) is 18.6 Å². The average molecular weight is 377 g/mol. The molecule has 0 saturated carbocycles. The van der Waals surface area contributed by atoms with E-state index in [0.717, 1.165) is 30.4 Å². The van der Waals surface area contributed by atoms with Crippen LogP contribution >= 0.6 is 0 Å². The standard InChI is InChI=1S/C22H23N3O3/c26-20(16-27-15-17-9-3-1-4-10-17)25-14-8-7-13-19(25)22-23-21(24-28-22)18-11-5-2-6-12-18/h1-6,9-12,19H,7-8,13-16H2/t19-/m1/s1. The molecule has 0 bridgehead atoms. The second kappa shape index (κ2) is 8.80. The molecular formula is C22H23N3O3. The first kappa shape index (κ1) is 18.4. The largest absolute Gasteiger partial charge is 0.367 e. The van der Waals surface area contributed by atoms with E-state index in [9.17, 15) is 4.79 Å². The third kappa shape index (κ3) is 4.28. The van der Waals surface area contributed by atoms with E-state index in [1.165, 1.54) is 0 Å². The average Bonchev–Trinajstić information content (AvgIpc) is 3.25. The van der Waals surface area contributed by atoms with Gasteiger partial charge < -0.3 is 14.2 Å². The molecule has 1 fully saturated rings. The molecule has 2 aromatic carbocycles. The topological polar surface area (TPSA) is 68.5 Å². The summed E-state index contributed by atoms with van der Waals surface area (Å²) in [4.78, 5) is 19.1. The van der Waals surface area contributed by atoms with E-state index >= 15 is 0 Å². The zero-order valence-corrected chi connectivity index (χ0v) is 15.7. The first-order valence-electron chi connectivity index (χ1n) is 9.61. The molecule has 1 aliphatic rings. The number of nitrogens with zero attached hydrogens (tertiary/aromatic N) is 3. The maximum atomic E-state index is 12.8. The number of likely N-dealkylation sites (tertiary alicyclic amines) is 1.